The Hall–Kier alpha value is -1.73. The van der Waals surface area contributed by atoms with Gasteiger partial charge in [-0.3, -0.25) is 9.97 Å². The lowest BCUT2D eigenvalue weighted by atomic mass is 9.80. The van der Waals surface area contributed by atoms with Crippen LogP contribution in [0.3, 0.4) is 0 Å². The molecule has 0 atom stereocenters. The van der Waals surface area contributed by atoms with Gasteiger partial charge in [-0.15, -0.1) is 0 Å². The van der Waals surface area contributed by atoms with Crippen molar-refractivity contribution < 1.29 is 18.6 Å². The zero-order valence-electron chi connectivity index (χ0n) is 19.1. The van der Waals surface area contributed by atoms with E-state index in [4.69, 9.17) is 18.6 Å². The van der Waals surface area contributed by atoms with Crippen LogP contribution in [0.1, 0.15) is 55.4 Å². The van der Waals surface area contributed by atoms with Gasteiger partial charge < -0.3 is 18.6 Å². The van der Waals surface area contributed by atoms with Gasteiger partial charge in [0.25, 0.3) is 0 Å². The summed E-state index contributed by atoms with van der Waals surface area (Å²) < 4.78 is 24.4. The summed E-state index contributed by atoms with van der Waals surface area (Å²) in [5.41, 5.74) is 1.87. The molecule has 2 aliphatic heterocycles. The van der Waals surface area contributed by atoms with Crippen molar-refractivity contribution >= 4 is 25.2 Å². The molecule has 30 heavy (non-hydrogen) atoms. The van der Waals surface area contributed by atoms with Crippen molar-refractivity contribution in [3.8, 4) is 11.4 Å². The summed E-state index contributed by atoms with van der Waals surface area (Å²) in [5, 5.41) is 0. The number of hydrogen-bond acceptors (Lipinski definition) is 6. The molecule has 2 aromatic heterocycles. The first-order valence-corrected chi connectivity index (χ1v) is 10.4. The van der Waals surface area contributed by atoms with E-state index in [1.807, 2.05) is 79.7 Å². The van der Waals surface area contributed by atoms with Gasteiger partial charge in [0, 0.05) is 23.3 Å². The van der Waals surface area contributed by atoms with Gasteiger partial charge >= 0.3 is 14.2 Å². The minimum absolute atomic E-state index is 0.374. The average molecular weight is 408 g/mol. The summed E-state index contributed by atoms with van der Waals surface area (Å²) >= 11 is 0. The van der Waals surface area contributed by atoms with Crippen LogP contribution < -0.4 is 10.9 Å². The number of rotatable bonds is 3. The van der Waals surface area contributed by atoms with E-state index in [0.717, 1.165) is 22.3 Å². The molecule has 0 aromatic carbocycles. The Bertz CT molecular complexity index is 818. The number of aromatic nitrogens is 2. The molecular formula is C22H30B2N2O4. The van der Waals surface area contributed by atoms with Gasteiger partial charge in [0.1, 0.15) is 0 Å². The normalized spacial score (nSPS) is 23.7. The van der Waals surface area contributed by atoms with Crippen LogP contribution in [0.4, 0.5) is 0 Å². The highest BCUT2D eigenvalue weighted by Crippen LogP contribution is 2.37. The molecule has 0 aliphatic carbocycles. The molecule has 0 spiro atoms. The first kappa shape index (κ1) is 21.5. The van der Waals surface area contributed by atoms with Crippen molar-refractivity contribution in [3.63, 3.8) is 0 Å². The molecule has 2 aliphatic rings. The van der Waals surface area contributed by atoms with E-state index in [-0.39, 0.29) is 22.4 Å². The van der Waals surface area contributed by atoms with Gasteiger partial charge in [-0.05, 0) is 67.5 Å². The van der Waals surface area contributed by atoms with Gasteiger partial charge in [0.2, 0.25) is 0 Å². The summed E-state index contributed by atoms with van der Waals surface area (Å²) in [5.74, 6) is 0. The van der Waals surface area contributed by atoms with Crippen LogP contribution in [0.5, 0.6) is 0 Å². The van der Waals surface area contributed by atoms with Crippen LogP contribution in [-0.2, 0) is 18.6 Å². The topological polar surface area (TPSA) is 62.7 Å². The lowest BCUT2D eigenvalue weighted by Crippen LogP contribution is -2.41. The summed E-state index contributed by atoms with van der Waals surface area (Å²) in [6.45, 7) is 16.3. The Morgan fingerprint density at radius 3 is 1.07 bits per heavy atom. The Morgan fingerprint density at radius 1 is 0.533 bits per heavy atom. The first-order chi connectivity index (χ1) is 13.8. The molecule has 2 fully saturated rings. The van der Waals surface area contributed by atoms with Crippen LogP contribution in [-0.4, -0.2) is 46.6 Å². The van der Waals surface area contributed by atoms with E-state index in [2.05, 4.69) is 9.97 Å². The van der Waals surface area contributed by atoms with Gasteiger partial charge in [-0.25, -0.2) is 0 Å². The third-order valence-corrected chi connectivity index (χ3v) is 6.89. The second-order valence-corrected chi connectivity index (χ2v) is 10.1. The van der Waals surface area contributed by atoms with E-state index in [1.165, 1.54) is 0 Å². The molecule has 2 aromatic rings. The van der Waals surface area contributed by atoms with Crippen molar-refractivity contribution in [1.29, 1.82) is 0 Å². The molecule has 0 saturated carbocycles. The summed E-state index contributed by atoms with van der Waals surface area (Å²) in [6, 6.07) is 7.84. The quantitative estimate of drug-likeness (QED) is 0.729. The van der Waals surface area contributed by atoms with Crippen molar-refractivity contribution in [2.45, 2.75) is 77.8 Å². The van der Waals surface area contributed by atoms with E-state index >= 15 is 0 Å². The summed E-state index contributed by atoms with van der Waals surface area (Å²) in [6.07, 6.45) is 3.59. The summed E-state index contributed by atoms with van der Waals surface area (Å²) in [4.78, 5) is 9.15. The van der Waals surface area contributed by atoms with Gasteiger partial charge in [-0.2, -0.15) is 0 Å². The first-order valence-electron chi connectivity index (χ1n) is 10.4. The molecule has 8 heteroatoms. The maximum Gasteiger partial charge on any atom is 0.496 e. The molecule has 4 rings (SSSR count). The standard InChI is InChI=1S/C22H30B2N2O4/c1-19(2)20(3,4)28-23(27-19)15-9-11-17(25-13-15)18-12-10-16(14-26-18)24-29-21(5,6)22(7,8)30-24/h9-14H,1-8H3. The Kier molecular flexibility index (Phi) is 4.94. The van der Waals surface area contributed by atoms with E-state index in [0.29, 0.717) is 0 Å². The molecule has 158 valence electrons. The van der Waals surface area contributed by atoms with Crippen molar-refractivity contribution in [2.75, 3.05) is 0 Å². The van der Waals surface area contributed by atoms with E-state index in [1.54, 1.807) is 12.4 Å². The molecule has 2 saturated heterocycles. The Balaban J connectivity index is 1.48. The molecule has 0 radical (unpaired) electrons. The predicted octanol–water partition coefficient (Wildman–Crippen LogP) is 2.74. The zero-order chi connectivity index (χ0) is 21.9. The fourth-order valence-corrected chi connectivity index (χ4v) is 3.35. The molecule has 4 heterocycles. The van der Waals surface area contributed by atoms with Gasteiger partial charge in [-0.1, -0.05) is 12.1 Å². The second-order valence-electron chi connectivity index (χ2n) is 10.1. The maximum absolute atomic E-state index is 6.10. The van der Waals surface area contributed by atoms with Crippen molar-refractivity contribution in [1.82, 2.24) is 9.97 Å². The number of pyridine rings is 2. The third-order valence-electron chi connectivity index (χ3n) is 6.89. The average Bonchev–Trinajstić information content (AvgIpc) is 3.02. The monoisotopic (exact) mass is 408 g/mol. The lowest BCUT2D eigenvalue weighted by Gasteiger charge is -2.32. The van der Waals surface area contributed by atoms with Crippen LogP contribution in [0.25, 0.3) is 11.4 Å². The lowest BCUT2D eigenvalue weighted by molar-refractivity contribution is 0.00578. The molecule has 0 bridgehead atoms. The molecule has 6 nitrogen and oxygen atoms in total. The van der Waals surface area contributed by atoms with Crippen LogP contribution >= 0.6 is 0 Å². The third kappa shape index (κ3) is 3.60. The van der Waals surface area contributed by atoms with Crippen LogP contribution in [0.15, 0.2) is 36.7 Å². The molecule has 0 unspecified atom stereocenters. The van der Waals surface area contributed by atoms with Crippen LogP contribution in [0.2, 0.25) is 0 Å². The number of nitrogens with zero attached hydrogens (tertiary/aromatic N) is 2. The minimum Gasteiger partial charge on any atom is -0.399 e. The Morgan fingerprint density at radius 2 is 0.833 bits per heavy atom. The Labute approximate surface area is 180 Å². The minimum atomic E-state index is -0.421. The highest BCUT2D eigenvalue weighted by atomic mass is 16.7. The fourth-order valence-electron chi connectivity index (χ4n) is 3.35. The zero-order valence-corrected chi connectivity index (χ0v) is 19.1. The molecule has 0 N–H and O–H groups in total. The predicted molar refractivity (Wildman–Crippen MR) is 119 cm³/mol. The van der Waals surface area contributed by atoms with Crippen molar-refractivity contribution in [3.05, 3.63) is 36.7 Å². The SMILES string of the molecule is CC1(C)OB(c2ccc(-c3ccc(B4OC(C)(C)C(C)(C)O4)cn3)nc2)OC1(C)C. The van der Waals surface area contributed by atoms with E-state index < -0.39 is 14.2 Å². The maximum atomic E-state index is 6.10. The van der Waals surface area contributed by atoms with E-state index in [9.17, 15) is 0 Å². The smallest absolute Gasteiger partial charge is 0.399 e. The second kappa shape index (κ2) is 6.89. The molecular weight excluding hydrogens is 378 g/mol. The molecule has 0 amide bonds. The highest BCUT2D eigenvalue weighted by molar-refractivity contribution is 6.62. The van der Waals surface area contributed by atoms with Crippen molar-refractivity contribution in [2.24, 2.45) is 0 Å². The summed E-state index contributed by atoms with van der Waals surface area (Å²) in [7, 11) is -0.842. The largest absolute Gasteiger partial charge is 0.496 e. The number of hydrogen-bond donors (Lipinski definition) is 0. The van der Waals surface area contributed by atoms with Crippen LogP contribution in [0, 0.1) is 0 Å². The van der Waals surface area contributed by atoms with Gasteiger partial charge in [0.05, 0.1) is 33.8 Å². The fraction of sp³-hybridized carbons (Fsp3) is 0.545. The highest BCUT2D eigenvalue weighted by Gasteiger charge is 2.52. The van der Waals surface area contributed by atoms with Gasteiger partial charge in [0.15, 0.2) is 0 Å².